The van der Waals surface area contributed by atoms with Gasteiger partial charge >= 0.3 is 0 Å². The predicted molar refractivity (Wildman–Crippen MR) is 59.6 cm³/mol. The summed E-state index contributed by atoms with van der Waals surface area (Å²) in [6.45, 7) is 0.748. The van der Waals surface area contributed by atoms with Crippen LogP contribution < -0.4 is 5.32 Å². The molecule has 0 unspecified atom stereocenters. The standard InChI is InChI=1S/C11H13FN4/c1-16-10(5-7-15-16)4-6-13-11-3-2-9(12)8-14-11/h2-3,5,7-8H,4,6H2,1H3,(H,13,14). The van der Waals surface area contributed by atoms with Crippen molar-refractivity contribution in [3.63, 3.8) is 0 Å². The van der Waals surface area contributed by atoms with Crippen molar-refractivity contribution < 1.29 is 4.39 Å². The van der Waals surface area contributed by atoms with Crippen molar-refractivity contribution in [3.8, 4) is 0 Å². The van der Waals surface area contributed by atoms with Gasteiger partial charge in [0.25, 0.3) is 0 Å². The first-order valence-corrected chi connectivity index (χ1v) is 5.08. The lowest BCUT2D eigenvalue weighted by Gasteiger charge is -2.05. The summed E-state index contributed by atoms with van der Waals surface area (Å²) in [6, 6.07) is 4.98. The number of aryl methyl sites for hydroxylation is 1. The number of nitrogens with zero attached hydrogens (tertiary/aromatic N) is 3. The highest BCUT2D eigenvalue weighted by Crippen LogP contribution is 2.04. The minimum atomic E-state index is -0.322. The van der Waals surface area contributed by atoms with Crippen LogP contribution >= 0.6 is 0 Å². The Morgan fingerprint density at radius 1 is 1.38 bits per heavy atom. The van der Waals surface area contributed by atoms with Gasteiger partial charge in [0.1, 0.15) is 11.6 Å². The zero-order valence-corrected chi connectivity index (χ0v) is 9.02. The molecule has 0 aliphatic carbocycles. The summed E-state index contributed by atoms with van der Waals surface area (Å²) in [5.74, 6) is 0.362. The van der Waals surface area contributed by atoms with E-state index in [0.29, 0.717) is 5.82 Å². The highest BCUT2D eigenvalue weighted by atomic mass is 19.1. The molecule has 5 heteroatoms. The SMILES string of the molecule is Cn1nccc1CCNc1ccc(F)cn1. The molecule has 0 saturated heterocycles. The van der Waals surface area contributed by atoms with Crippen LogP contribution in [0.1, 0.15) is 5.69 Å². The lowest BCUT2D eigenvalue weighted by Crippen LogP contribution is -2.09. The van der Waals surface area contributed by atoms with E-state index in [1.54, 1.807) is 12.3 Å². The van der Waals surface area contributed by atoms with E-state index < -0.39 is 0 Å². The Morgan fingerprint density at radius 2 is 2.25 bits per heavy atom. The lowest BCUT2D eigenvalue weighted by atomic mass is 10.3. The largest absolute Gasteiger partial charge is 0.370 e. The van der Waals surface area contributed by atoms with E-state index in [1.165, 1.54) is 12.3 Å². The van der Waals surface area contributed by atoms with Crippen LogP contribution in [-0.4, -0.2) is 21.3 Å². The Bertz CT molecular complexity index is 449. The summed E-state index contributed by atoms with van der Waals surface area (Å²) >= 11 is 0. The minimum Gasteiger partial charge on any atom is -0.370 e. The monoisotopic (exact) mass is 220 g/mol. The van der Waals surface area contributed by atoms with E-state index >= 15 is 0 Å². The maximum Gasteiger partial charge on any atom is 0.141 e. The molecule has 84 valence electrons. The van der Waals surface area contributed by atoms with Gasteiger partial charge in [-0.3, -0.25) is 4.68 Å². The van der Waals surface area contributed by atoms with Gasteiger partial charge in [0.15, 0.2) is 0 Å². The molecule has 16 heavy (non-hydrogen) atoms. The quantitative estimate of drug-likeness (QED) is 0.851. The molecular formula is C11H13FN4. The molecule has 0 aliphatic heterocycles. The van der Waals surface area contributed by atoms with E-state index in [2.05, 4.69) is 15.4 Å². The molecule has 0 fully saturated rings. The van der Waals surface area contributed by atoms with E-state index in [9.17, 15) is 4.39 Å². The highest BCUT2D eigenvalue weighted by Gasteiger charge is 1.98. The van der Waals surface area contributed by atoms with Gasteiger partial charge in [0.2, 0.25) is 0 Å². The topological polar surface area (TPSA) is 42.7 Å². The molecule has 4 nitrogen and oxygen atoms in total. The lowest BCUT2D eigenvalue weighted by molar-refractivity contribution is 0.621. The van der Waals surface area contributed by atoms with Crippen LogP contribution in [0.5, 0.6) is 0 Å². The van der Waals surface area contributed by atoms with Crippen LogP contribution in [-0.2, 0) is 13.5 Å². The zero-order valence-electron chi connectivity index (χ0n) is 9.02. The molecule has 0 radical (unpaired) electrons. The molecular weight excluding hydrogens is 207 g/mol. The van der Waals surface area contributed by atoms with Crippen molar-refractivity contribution in [1.82, 2.24) is 14.8 Å². The summed E-state index contributed by atoms with van der Waals surface area (Å²) in [7, 11) is 1.91. The minimum absolute atomic E-state index is 0.322. The normalized spacial score (nSPS) is 10.4. The maximum atomic E-state index is 12.6. The third-order valence-electron chi connectivity index (χ3n) is 2.34. The van der Waals surface area contributed by atoms with E-state index in [0.717, 1.165) is 18.7 Å². The van der Waals surface area contributed by atoms with Crippen LogP contribution in [0.4, 0.5) is 10.2 Å². The smallest absolute Gasteiger partial charge is 0.141 e. The van der Waals surface area contributed by atoms with Gasteiger partial charge in [0, 0.05) is 31.9 Å². The zero-order chi connectivity index (χ0) is 11.4. The Labute approximate surface area is 93.1 Å². The fourth-order valence-electron chi connectivity index (χ4n) is 1.45. The Kier molecular flexibility index (Phi) is 3.14. The number of halogens is 1. The third kappa shape index (κ3) is 2.56. The molecule has 1 N–H and O–H groups in total. The molecule has 2 aromatic heterocycles. The maximum absolute atomic E-state index is 12.6. The summed E-state index contributed by atoms with van der Waals surface area (Å²) in [4.78, 5) is 3.91. The van der Waals surface area contributed by atoms with Gasteiger partial charge in [-0.1, -0.05) is 0 Å². The molecule has 2 aromatic rings. The van der Waals surface area contributed by atoms with Crippen LogP contribution in [0.15, 0.2) is 30.6 Å². The predicted octanol–water partition coefficient (Wildman–Crippen LogP) is 1.61. The first-order valence-electron chi connectivity index (χ1n) is 5.08. The second-order valence-electron chi connectivity index (χ2n) is 3.48. The van der Waals surface area contributed by atoms with Crippen LogP contribution in [0.25, 0.3) is 0 Å². The van der Waals surface area contributed by atoms with Crippen molar-refractivity contribution in [2.75, 3.05) is 11.9 Å². The molecule has 0 spiro atoms. The second-order valence-corrected chi connectivity index (χ2v) is 3.48. The van der Waals surface area contributed by atoms with Gasteiger partial charge in [0.05, 0.1) is 6.20 Å². The number of anilines is 1. The Hall–Kier alpha value is -1.91. The number of pyridine rings is 1. The van der Waals surface area contributed by atoms with Gasteiger partial charge < -0.3 is 5.32 Å². The van der Waals surface area contributed by atoms with E-state index in [4.69, 9.17) is 0 Å². The molecule has 0 amide bonds. The summed E-state index contributed by atoms with van der Waals surface area (Å²) < 4.78 is 14.4. The van der Waals surface area contributed by atoms with Gasteiger partial charge in [-0.25, -0.2) is 9.37 Å². The molecule has 0 bridgehead atoms. The molecule has 0 saturated carbocycles. The Morgan fingerprint density at radius 3 is 2.88 bits per heavy atom. The molecule has 0 atom stereocenters. The first-order chi connectivity index (χ1) is 7.75. The Balaban J connectivity index is 1.84. The third-order valence-corrected chi connectivity index (χ3v) is 2.34. The molecule has 2 rings (SSSR count). The number of hydrogen-bond donors (Lipinski definition) is 1. The number of hydrogen-bond acceptors (Lipinski definition) is 3. The number of nitrogens with one attached hydrogen (secondary N) is 1. The van der Waals surface area contributed by atoms with Crippen LogP contribution in [0, 0.1) is 5.82 Å². The van der Waals surface area contributed by atoms with Crippen molar-refractivity contribution >= 4 is 5.82 Å². The fourth-order valence-corrected chi connectivity index (χ4v) is 1.45. The highest BCUT2D eigenvalue weighted by molar-refractivity contribution is 5.33. The van der Waals surface area contributed by atoms with Gasteiger partial charge in [-0.05, 0) is 18.2 Å². The van der Waals surface area contributed by atoms with Gasteiger partial charge in [-0.2, -0.15) is 5.10 Å². The number of rotatable bonds is 4. The number of aromatic nitrogens is 3. The van der Waals surface area contributed by atoms with Crippen molar-refractivity contribution in [2.24, 2.45) is 7.05 Å². The van der Waals surface area contributed by atoms with Crippen molar-refractivity contribution in [2.45, 2.75) is 6.42 Å². The van der Waals surface area contributed by atoms with Crippen molar-refractivity contribution in [1.29, 1.82) is 0 Å². The fraction of sp³-hybridized carbons (Fsp3) is 0.273. The summed E-state index contributed by atoms with van der Waals surface area (Å²) in [6.07, 6.45) is 3.83. The van der Waals surface area contributed by atoms with Crippen LogP contribution in [0.3, 0.4) is 0 Å². The van der Waals surface area contributed by atoms with E-state index in [-0.39, 0.29) is 5.82 Å². The van der Waals surface area contributed by atoms with Crippen molar-refractivity contribution in [3.05, 3.63) is 42.1 Å². The second kappa shape index (κ2) is 4.74. The molecule has 0 aromatic carbocycles. The van der Waals surface area contributed by atoms with E-state index in [1.807, 2.05) is 17.8 Å². The van der Waals surface area contributed by atoms with Gasteiger partial charge in [-0.15, -0.1) is 0 Å². The average Bonchev–Trinajstić information content (AvgIpc) is 2.68. The summed E-state index contributed by atoms with van der Waals surface area (Å²) in [5.41, 5.74) is 1.15. The summed E-state index contributed by atoms with van der Waals surface area (Å²) in [5, 5.41) is 7.20. The average molecular weight is 220 g/mol. The molecule has 0 aliphatic rings. The molecule has 2 heterocycles. The first kappa shape index (κ1) is 10.6. The van der Waals surface area contributed by atoms with Crippen LogP contribution in [0.2, 0.25) is 0 Å².